The highest BCUT2D eigenvalue weighted by atomic mass is 35.5. The van der Waals surface area contributed by atoms with Crippen LogP contribution in [-0.2, 0) is 29.0 Å². The van der Waals surface area contributed by atoms with Crippen molar-refractivity contribution in [3.05, 3.63) is 104 Å². The van der Waals surface area contributed by atoms with Crippen molar-refractivity contribution in [1.29, 1.82) is 0 Å². The minimum atomic E-state index is -0.757. The van der Waals surface area contributed by atoms with E-state index in [1.54, 1.807) is 41.3 Å². The summed E-state index contributed by atoms with van der Waals surface area (Å²) in [5.41, 5.74) is 2.21. The molecule has 0 aromatic heterocycles. The Balaban J connectivity index is 2.01. The minimum Gasteiger partial charge on any atom is -0.354 e. The summed E-state index contributed by atoms with van der Waals surface area (Å²) in [7, 11) is 0. The minimum absolute atomic E-state index is 0.0494. The van der Waals surface area contributed by atoms with Crippen LogP contribution in [0.15, 0.2) is 66.7 Å². The molecule has 3 aromatic rings. The van der Waals surface area contributed by atoms with Gasteiger partial charge in [-0.1, -0.05) is 95.8 Å². The lowest BCUT2D eigenvalue weighted by molar-refractivity contribution is -0.140. The van der Waals surface area contributed by atoms with Gasteiger partial charge in [0.15, 0.2) is 0 Å². The highest BCUT2D eigenvalue weighted by Gasteiger charge is 2.31. The molecule has 0 aliphatic carbocycles. The van der Waals surface area contributed by atoms with Gasteiger partial charge in [0.2, 0.25) is 11.8 Å². The third-order valence-electron chi connectivity index (χ3n) is 5.55. The van der Waals surface area contributed by atoms with Gasteiger partial charge < -0.3 is 10.2 Å². The zero-order chi connectivity index (χ0) is 25.4. The maximum absolute atomic E-state index is 13.8. The Bertz CT molecular complexity index is 1150. The van der Waals surface area contributed by atoms with Gasteiger partial charge in [-0.15, -0.1) is 0 Å². The Hall–Kier alpha value is -2.24. The molecule has 1 unspecified atom stereocenters. The SMILES string of the molecule is CCCNC(=O)C(Cc1ccccc1)N(Cc1ccc(Cl)c(Cl)c1)C(=O)Cc1c(Cl)cccc1Cl. The van der Waals surface area contributed by atoms with Crippen LogP contribution >= 0.6 is 46.4 Å². The molecule has 1 N–H and O–H groups in total. The Morgan fingerprint density at radius 1 is 0.829 bits per heavy atom. The molecular weight excluding hydrogens is 526 g/mol. The van der Waals surface area contributed by atoms with Gasteiger partial charge in [0.05, 0.1) is 16.5 Å². The van der Waals surface area contributed by atoms with E-state index in [0.29, 0.717) is 38.6 Å². The van der Waals surface area contributed by atoms with Crippen molar-refractivity contribution in [3.8, 4) is 0 Å². The lowest BCUT2D eigenvalue weighted by Gasteiger charge is -2.32. The van der Waals surface area contributed by atoms with Gasteiger partial charge in [-0.05, 0) is 47.4 Å². The van der Waals surface area contributed by atoms with Gasteiger partial charge in [0.1, 0.15) is 6.04 Å². The van der Waals surface area contributed by atoms with Crippen molar-refractivity contribution < 1.29 is 9.59 Å². The summed E-state index contributed by atoms with van der Waals surface area (Å²) >= 11 is 25.0. The number of nitrogens with one attached hydrogen (secondary N) is 1. The van der Waals surface area contributed by atoms with Crippen LogP contribution in [0.5, 0.6) is 0 Å². The summed E-state index contributed by atoms with van der Waals surface area (Å²) in [6, 6.07) is 19.1. The fraction of sp³-hybridized carbons (Fsp3) is 0.259. The smallest absolute Gasteiger partial charge is 0.243 e. The quantitative estimate of drug-likeness (QED) is 0.294. The van der Waals surface area contributed by atoms with Gasteiger partial charge in [-0.2, -0.15) is 0 Å². The second-order valence-corrected chi connectivity index (χ2v) is 9.77. The average Bonchev–Trinajstić information content (AvgIpc) is 2.84. The first-order valence-electron chi connectivity index (χ1n) is 11.3. The van der Waals surface area contributed by atoms with Crippen LogP contribution in [0.2, 0.25) is 20.1 Å². The van der Waals surface area contributed by atoms with Gasteiger partial charge in [0, 0.05) is 29.6 Å². The molecule has 0 radical (unpaired) electrons. The molecule has 2 amide bonds. The third kappa shape index (κ3) is 7.62. The van der Waals surface area contributed by atoms with E-state index in [9.17, 15) is 9.59 Å². The number of carbonyl (C=O) groups excluding carboxylic acids is 2. The first-order chi connectivity index (χ1) is 16.8. The van der Waals surface area contributed by atoms with Crippen LogP contribution in [0.25, 0.3) is 0 Å². The van der Waals surface area contributed by atoms with Gasteiger partial charge in [0.25, 0.3) is 0 Å². The van der Waals surface area contributed by atoms with E-state index >= 15 is 0 Å². The molecular formula is C27H26Cl4N2O2. The normalized spacial score (nSPS) is 11.7. The van der Waals surface area contributed by atoms with Crippen LogP contribution < -0.4 is 5.32 Å². The van der Waals surface area contributed by atoms with Crippen LogP contribution in [0.1, 0.15) is 30.0 Å². The topological polar surface area (TPSA) is 49.4 Å². The number of halogens is 4. The maximum atomic E-state index is 13.8. The van der Waals surface area contributed by atoms with E-state index in [0.717, 1.165) is 17.5 Å². The summed E-state index contributed by atoms with van der Waals surface area (Å²) < 4.78 is 0. The van der Waals surface area contributed by atoms with Gasteiger partial charge >= 0.3 is 0 Å². The van der Waals surface area contributed by atoms with E-state index < -0.39 is 6.04 Å². The maximum Gasteiger partial charge on any atom is 0.243 e. The largest absolute Gasteiger partial charge is 0.354 e. The zero-order valence-electron chi connectivity index (χ0n) is 19.2. The molecule has 3 rings (SSSR count). The fourth-order valence-corrected chi connectivity index (χ4v) is 4.56. The van der Waals surface area contributed by atoms with Crippen molar-refractivity contribution in [2.24, 2.45) is 0 Å². The number of amides is 2. The standard InChI is InChI=1S/C27H26Cl4N2O2/c1-2-13-32-27(35)25(15-18-7-4-3-5-8-18)33(17-19-11-12-23(30)24(31)14-19)26(34)16-20-21(28)9-6-10-22(20)29/h3-12,14,25H,2,13,15-17H2,1H3,(H,32,35). The molecule has 0 spiro atoms. The van der Waals surface area contributed by atoms with E-state index in [4.69, 9.17) is 46.4 Å². The number of carbonyl (C=O) groups is 2. The van der Waals surface area contributed by atoms with Crippen molar-refractivity contribution in [1.82, 2.24) is 10.2 Å². The fourth-order valence-electron chi connectivity index (χ4n) is 3.71. The zero-order valence-corrected chi connectivity index (χ0v) is 22.3. The molecule has 8 heteroatoms. The molecule has 0 fully saturated rings. The van der Waals surface area contributed by atoms with Crippen molar-refractivity contribution >= 4 is 58.2 Å². The molecule has 1 atom stereocenters. The Morgan fingerprint density at radius 3 is 2.14 bits per heavy atom. The number of rotatable bonds is 10. The summed E-state index contributed by atoms with van der Waals surface area (Å²) in [5.74, 6) is -0.506. The van der Waals surface area contributed by atoms with Crippen LogP contribution in [0.3, 0.4) is 0 Å². The number of hydrogen-bond acceptors (Lipinski definition) is 2. The summed E-state index contributed by atoms with van der Waals surface area (Å²) in [5, 5.41) is 4.54. The summed E-state index contributed by atoms with van der Waals surface area (Å²) in [6.07, 6.45) is 1.08. The monoisotopic (exact) mass is 550 g/mol. The first kappa shape index (κ1) is 27.3. The number of hydrogen-bond donors (Lipinski definition) is 1. The molecule has 0 saturated carbocycles. The number of benzene rings is 3. The molecule has 0 aliphatic heterocycles. The Morgan fingerprint density at radius 2 is 1.51 bits per heavy atom. The molecule has 0 heterocycles. The average molecular weight is 552 g/mol. The van der Waals surface area contributed by atoms with Crippen molar-refractivity contribution in [2.75, 3.05) is 6.54 Å². The van der Waals surface area contributed by atoms with Gasteiger partial charge in [-0.25, -0.2) is 0 Å². The van der Waals surface area contributed by atoms with E-state index in [2.05, 4.69) is 5.32 Å². The first-order valence-corrected chi connectivity index (χ1v) is 12.8. The van der Waals surface area contributed by atoms with E-state index in [1.807, 2.05) is 37.3 Å². The highest BCUT2D eigenvalue weighted by molar-refractivity contribution is 6.42. The lowest BCUT2D eigenvalue weighted by atomic mass is 10.0. The number of nitrogens with zero attached hydrogens (tertiary/aromatic N) is 1. The van der Waals surface area contributed by atoms with Crippen LogP contribution in [0, 0.1) is 0 Å². The molecule has 0 bridgehead atoms. The summed E-state index contributed by atoms with van der Waals surface area (Å²) in [4.78, 5) is 28.7. The molecule has 3 aromatic carbocycles. The van der Waals surface area contributed by atoms with E-state index in [-0.39, 0.29) is 24.8 Å². The van der Waals surface area contributed by atoms with E-state index in [1.165, 1.54) is 0 Å². The predicted octanol–water partition coefficient (Wildman–Crippen LogP) is 7.01. The molecule has 0 saturated heterocycles. The van der Waals surface area contributed by atoms with Crippen molar-refractivity contribution in [3.63, 3.8) is 0 Å². The van der Waals surface area contributed by atoms with Crippen molar-refractivity contribution in [2.45, 2.75) is 38.8 Å². The lowest BCUT2D eigenvalue weighted by Crippen LogP contribution is -2.51. The third-order valence-corrected chi connectivity index (χ3v) is 6.99. The second-order valence-electron chi connectivity index (χ2n) is 8.14. The second kappa shape index (κ2) is 13.2. The van der Waals surface area contributed by atoms with Gasteiger partial charge in [-0.3, -0.25) is 9.59 Å². The Kier molecular flexibility index (Phi) is 10.3. The molecule has 0 aliphatic rings. The summed E-state index contributed by atoms with van der Waals surface area (Å²) in [6.45, 7) is 2.65. The van der Waals surface area contributed by atoms with Crippen LogP contribution in [0.4, 0.5) is 0 Å². The molecule has 35 heavy (non-hydrogen) atoms. The predicted molar refractivity (Wildman–Crippen MR) is 144 cm³/mol. The van der Waals surface area contributed by atoms with Crippen LogP contribution in [-0.4, -0.2) is 29.3 Å². The molecule has 4 nitrogen and oxygen atoms in total. The Labute approximate surface area is 226 Å². The highest BCUT2D eigenvalue weighted by Crippen LogP contribution is 2.27. The molecule has 184 valence electrons.